The molecule has 0 fully saturated rings. The molecular formula is C15H13Cl3N2O. The van der Waals surface area contributed by atoms with E-state index < -0.39 is 0 Å². The van der Waals surface area contributed by atoms with Crippen LogP contribution in [-0.4, -0.2) is 10.9 Å². The number of halogens is 3. The van der Waals surface area contributed by atoms with Crippen LogP contribution >= 0.6 is 34.8 Å². The molecule has 6 heteroatoms. The Kier molecular flexibility index (Phi) is 5.45. The lowest BCUT2D eigenvalue weighted by Crippen LogP contribution is -2.12. The van der Waals surface area contributed by atoms with Gasteiger partial charge in [0.05, 0.1) is 10.0 Å². The van der Waals surface area contributed by atoms with E-state index in [-0.39, 0.29) is 5.91 Å². The van der Waals surface area contributed by atoms with Gasteiger partial charge in [0.2, 0.25) is 0 Å². The van der Waals surface area contributed by atoms with Crippen molar-refractivity contribution < 1.29 is 4.79 Å². The molecule has 2 rings (SSSR count). The maximum Gasteiger partial charge on any atom is 0.255 e. The van der Waals surface area contributed by atoms with Crippen LogP contribution in [0, 0.1) is 0 Å². The van der Waals surface area contributed by atoms with E-state index in [0.717, 1.165) is 18.5 Å². The lowest BCUT2D eigenvalue weighted by atomic mass is 10.1. The Labute approximate surface area is 138 Å². The van der Waals surface area contributed by atoms with Crippen molar-refractivity contribution in [2.75, 3.05) is 5.32 Å². The van der Waals surface area contributed by atoms with Gasteiger partial charge in [0.25, 0.3) is 5.91 Å². The molecule has 1 heterocycles. The van der Waals surface area contributed by atoms with Gasteiger partial charge in [-0.25, -0.2) is 4.98 Å². The standard InChI is InChI=1S/C15H13Cl3N2O/c1-2-3-10-6-9(7-14(18)19-10)15(21)20-11-4-5-12(16)13(17)8-11/h4-8H,2-3H2,1H3,(H,20,21). The number of aromatic nitrogens is 1. The van der Waals surface area contributed by atoms with Crippen LogP contribution in [0.3, 0.4) is 0 Å². The largest absolute Gasteiger partial charge is 0.322 e. The Hall–Kier alpha value is -1.29. The molecule has 1 aromatic carbocycles. The third kappa shape index (κ3) is 4.34. The average molecular weight is 344 g/mol. The van der Waals surface area contributed by atoms with Crippen molar-refractivity contribution in [2.24, 2.45) is 0 Å². The van der Waals surface area contributed by atoms with Gasteiger partial charge in [0.1, 0.15) is 5.15 Å². The average Bonchev–Trinajstić information content (AvgIpc) is 2.42. The van der Waals surface area contributed by atoms with Gasteiger partial charge in [-0.15, -0.1) is 0 Å². The first kappa shape index (κ1) is 16.1. The highest BCUT2D eigenvalue weighted by Crippen LogP contribution is 2.25. The monoisotopic (exact) mass is 342 g/mol. The number of amides is 1. The molecule has 0 aliphatic rings. The summed E-state index contributed by atoms with van der Waals surface area (Å²) in [5, 5.41) is 3.88. The van der Waals surface area contributed by atoms with Crippen LogP contribution in [0.15, 0.2) is 30.3 Å². The molecule has 1 amide bonds. The molecular weight excluding hydrogens is 331 g/mol. The third-order valence-electron chi connectivity index (χ3n) is 2.79. The van der Waals surface area contributed by atoms with Crippen LogP contribution < -0.4 is 5.32 Å². The van der Waals surface area contributed by atoms with Gasteiger partial charge in [0.15, 0.2) is 0 Å². The van der Waals surface area contributed by atoms with Crippen molar-refractivity contribution in [1.82, 2.24) is 4.98 Å². The number of carbonyl (C=O) groups excluding carboxylic acids is 1. The molecule has 0 bridgehead atoms. The van der Waals surface area contributed by atoms with Crippen LogP contribution in [0.25, 0.3) is 0 Å². The molecule has 0 aliphatic carbocycles. The Morgan fingerprint density at radius 3 is 2.57 bits per heavy atom. The highest BCUT2D eigenvalue weighted by molar-refractivity contribution is 6.42. The fourth-order valence-electron chi connectivity index (χ4n) is 1.84. The summed E-state index contributed by atoms with van der Waals surface area (Å²) in [6.45, 7) is 2.04. The molecule has 0 radical (unpaired) electrons. The van der Waals surface area contributed by atoms with Gasteiger partial charge in [0, 0.05) is 16.9 Å². The number of rotatable bonds is 4. The number of nitrogens with one attached hydrogen (secondary N) is 1. The van der Waals surface area contributed by atoms with Gasteiger partial charge in [-0.2, -0.15) is 0 Å². The van der Waals surface area contributed by atoms with E-state index in [2.05, 4.69) is 10.3 Å². The van der Waals surface area contributed by atoms with Crippen molar-refractivity contribution in [3.8, 4) is 0 Å². The number of benzene rings is 1. The molecule has 21 heavy (non-hydrogen) atoms. The van der Waals surface area contributed by atoms with Crippen molar-refractivity contribution in [3.05, 3.63) is 56.8 Å². The minimum atomic E-state index is -0.268. The number of nitrogens with zero attached hydrogens (tertiary/aromatic N) is 1. The van der Waals surface area contributed by atoms with E-state index in [0.29, 0.717) is 26.4 Å². The minimum absolute atomic E-state index is 0.268. The molecule has 2 aromatic rings. The zero-order valence-corrected chi connectivity index (χ0v) is 13.6. The van der Waals surface area contributed by atoms with Gasteiger partial charge in [-0.1, -0.05) is 48.1 Å². The van der Waals surface area contributed by atoms with E-state index >= 15 is 0 Å². The molecule has 0 saturated heterocycles. The topological polar surface area (TPSA) is 42.0 Å². The quantitative estimate of drug-likeness (QED) is 0.771. The molecule has 0 spiro atoms. The molecule has 0 aliphatic heterocycles. The van der Waals surface area contributed by atoms with Gasteiger partial charge >= 0.3 is 0 Å². The molecule has 0 unspecified atom stereocenters. The first-order valence-corrected chi connectivity index (χ1v) is 7.56. The van der Waals surface area contributed by atoms with E-state index in [9.17, 15) is 4.79 Å². The van der Waals surface area contributed by atoms with Gasteiger partial charge < -0.3 is 5.32 Å². The van der Waals surface area contributed by atoms with Crippen LogP contribution in [0.4, 0.5) is 5.69 Å². The normalized spacial score (nSPS) is 10.5. The van der Waals surface area contributed by atoms with Crippen LogP contribution in [-0.2, 0) is 6.42 Å². The number of hydrogen-bond acceptors (Lipinski definition) is 2. The van der Waals surface area contributed by atoms with Crippen LogP contribution in [0.5, 0.6) is 0 Å². The van der Waals surface area contributed by atoms with Gasteiger partial charge in [-0.3, -0.25) is 4.79 Å². The summed E-state index contributed by atoms with van der Waals surface area (Å²) >= 11 is 17.7. The first-order valence-electron chi connectivity index (χ1n) is 6.42. The second-order valence-electron chi connectivity index (χ2n) is 4.50. The van der Waals surface area contributed by atoms with Crippen LogP contribution in [0.2, 0.25) is 15.2 Å². The number of hydrogen-bond donors (Lipinski definition) is 1. The second kappa shape index (κ2) is 7.12. The maximum atomic E-state index is 12.2. The molecule has 1 aromatic heterocycles. The summed E-state index contributed by atoms with van der Waals surface area (Å²) in [7, 11) is 0. The summed E-state index contributed by atoms with van der Waals surface area (Å²) in [5.41, 5.74) is 1.83. The molecule has 3 nitrogen and oxygen atoms in total. The van der Waals surface area contributed by atoms with E-state index in [1.165, 1.54) is 6.07 Å². The predicted octanol–water partition coefficient (Wildman–Crippen LogP) is 5.25. The number of pyridine rings is 1. The summed E-state index contributed by atoms with van der Waals surface area (Å²) < 4.78 is 0. The number of anilines is 1. The number of aryl methyl sites for hydroxylation is 1. The van der Waals surface area contributed by atoms with E-state index in [1.54, 1.807) is 24.3 Å². The van der Waals surface area contributed by atoms with E-state index in [1.807, 2.05) is 6.92 Å². The smallest absolute Gasteiger partial charge is 0.255 e. The second-order valence-corrected chi connectivity index (χ2v) is 5.70. The summed E-state index contributed by atoms with van der Waals surface area (Å²) in [6, 6.07) is 8.18. The highest BCUT2D eigenvalue weighted by Gasteiger charge is 2.10. The van der Waals surface area contributed by atoms with Crippen molar-refractivity contribution in [2.45, 2.75) is 19.8 Å². The first-order chi connectivity index (χ1) is 9.99. The van der Waals surface area contributed by atoms with Crippen LogP contribution in [0.1, 0.15) is 29.4 Å². The lowest BCUT2D eigenvalue weighted by Gasteiger charge is -2.08. The minimum Gasteiger partial charge on any atom is -0.322 e. The molecule has 1 N–H and O–H groups in total. The highest BCUT2D eigenvalue weighted by atomic mass is 35.5. The SMILES string of the molecule is CCCc1cc(C(=O)Nc2ccc(Cl)c(Cl)c2)cc(Cl)n1. The summed E-state index contributed by atoms with van der Waals surface area (Å²) in [5.74, 6) is -0.268. The zero-order valence-electron chi connectivity index (χ0n) is 11.3. The van der Waals surface area contributed by atoms with Gasteiger partial charge in [-0.05, 0) is 36.8 Å². The molecule has 110 valence electrons. The van der Waals surface area contributed by atoms with Crippen molar-refractivity contribution >= 4 is 46.4 Å². The van der Waals surface area contributed by atoms with Crippen molar-refractivity contribution in [1.29, 1.82) is 0 Å². The maximum absolute atomic E-state index is 12.2. The Balaban J connectivity index is 2.21. The molecule has 0 atom stereocenters. The van der Waals surface area contributed by atoms with E-state index in [4.69, 9.17) is 34.8 Å². The fourth-order valence-corrected chi connectivity index (χ4v) is 2.37. The Morgan fingerprint density at radius 2 is 1.90 bits per heavy atom. The Morgan fingerprint density at radius 1 is 1.14 bits per heavy atom. The number of carbonyl (C=O) groups is 1. The summed E-state index contributed by atoms with van der Waals surface area (Å²) in [4.78, 5) is 16.4. The third-order valence-corrected chi connectivity index (χ3v) is 3.73. The predicted molar refractivity (Wildman–Crippen MR) is 87.7 cm³/mol. The zero-order chi connectivity index (χ0) is 15.4. The summed E-state index contributed by atoms with van der Waals surface area (Å²) in [6.07, 6.45) is 1.70. The fraction of sp³-hybridized carbons (Fsp3) is 0.200. The Bertz CT molecular complexity index is 674. The lowest BCUT2D eigenvalue weighted by molar-refractivity contribution is 0.102. The van der Waals surface area contributed by atoms with Crippen molar-refractivity contribution in [3.63, 3.8) is 0 Å². The molecule has 0 saturated carbocycles.